The molecule has 8 N–H and O–H groups in total. The molecule has 36 heteroatoms. The van der Waals surface area contributed by atoms with Gasteiger partial charge in [0.05, 0.1) is 67.0 Å². The molecule has 18 nitrogen and oxygen atoms in total. The van der Waals surface area contributed by atoms with Crippen molar-refractivity contribution in [3.05, 3.63) is 264 Å². The van der Waals surface area contributed by atoms with E-state index in [0.29, 0.717) is 31.2 Å². The van der Waals surface area contributed by atoms with Crippen molar-refractivity contribution in [1.82, 2.24) is 15.0 Å². The molecular weight excluding hydrogens is 1660 g/mol. The van der Waals surface area contributed by atoms with Crippen LogP contribution >= 0.6 is 43.5 Å². The van der Waals surface area contributed by atoms with E-state index in [1.165, 1.54) is 49.3 Å². The number of benzene rings is 6. The van der Waals surface area contributed by atoms with Gasteiger partial charge in [-0.1, -0.05) is 92.0 Å². The number of carbonyl (C=O) groups is 3. The summed E-state index contributed by atoms with van der Waals surface area (Å²) in [6.45, 7) is 24.0. The highest BCUT2D eigenvalue weighted by molar-refractivity contribution is 9.10. The standard InChI is InChI=1S/C26H26BF4N3O3.C20H14BrF4N3O.C13H7ClF4N2O.C12H25B2O4.C7H8BrN/c1-24(2)25(3,4)37-27(36-24)18-7-5-16(6-8-18)14-32-22-21(13-17(15-33-22)26(29,30)31)23(35)34-20-11-9-19(28)10-12-20;21-14-3-1-12(2-4-14)10-26-18-17(9-13(11-27-18)20(23,24)25)19(29)28-16-7-5-15(22)6-8-16;14-11-10(5-7(6-19-11)13(16,17)18)12(21)20-9-3-1-8(15)2-4-9;1-9(2,15)10(3,4)16-13-14-17-11(5,6)12(7,8)18-14;8-7-3-1-6(5-9)2-4-7/h5-13,15H,14H2,1-4H3,(H,32,33)(H,34,35);1-9,11H,10H2,(H,26,27)(H,28,29);1-6H,(H,20,21);15H,1-8H3;1-4H,5,9H2. The van der Waals surface area contributed by atoms with Crippen LogP contribution in [0.5, 0.6) is 0 Å². The Morgan fingerprint density at radius 3 is 1.12 bits per heavy atom. The average molecular weight is 1740 g/mol. The molecular formula is C78H80B3Br2ClF12N9O9. The lowest BCUT2D eigenvalue weighted by Crippen LogP contribution is -2.50. The number of aliphatic hydroxyl groups is 1. The topological polar surface area (TPSA) is 242 Å². The predicted octanol–water partition coefficient (Wildman–Crippen LogP) is 19.1. The Labute approximate surface area is 674 Å². The SMILES string of the molecule is CC(C)(O)C(C)(C)O[B]B1OC(C)(C)C(C)(C)O1.CC1(C)OB(c2ccc(CNc3ncc(C(F)(F)F)cc3C(=O)Nc3ccc(F)cc3)cc2)OC1(C)C.NCc1ccc(Br)cc1.O=C(Nc1ccc(F)cc1)c1cc(C(F)(F)F)cnc1Cl.O=C(Nc1ccc(F)cc1)c1cc(C(F)(F)F)cnc1NCc1ccc(Br)cc1. The minimum absolute atomic E-state index is 0.000491. The minimum atomic E-state index is -4.68. The van der Waals surface area contributed by atoms with Gasteiger partial charge in [0, 0.05) is 64.2 Å². The number of amides is 3. The van der Waals surface area contributed by atoms with Crippen molar-refractivity contribution in [1.29, 1.82) is 0 Å². The van der Waals surface area contributed by atoms with E-state index in [-0.39, 0.29) is 69.3 Å². The van der Waals surface area contributed by atoms with Crippen molar-refractivity contribution in [3.8, 4) is 0 Å². The number of hydrogen-bond acceptors (Lipinski definition) is 15. The summed E-state index contributed by atoms with van der Waals surface area (Å²) in [5, 5.41) is 22.7. The molecule has 0 unspecified atom stereocenters. The number of hydrogen-bond donors (Lipinski definition) is 7. The second kappa shape index (κ2) is 38.2. The van der Waals surface area contributed by atoms with Gasteiger partial charge >= 0.3 is 40.0 Å². The van der Waals surface area contributed by atoms with Crippen LogP contribution < -0.4 is 37.8 Å². The van der Waals surface area contributed by atoms with Crippen LogP contribution in [-0.2, 0) is 61.4 Å². The van der Waals surface area contributed by atoms with E-state index in [2.05, 4.69) is 73.4 Å². The summed E-state index contributed by atoms with van der Waals surface area (Å²) in [6.07, 6.45) is -12.1. The summed E-state index contributed by atoms with van der Waals surface area (Å²) < 4.78 is 187. The number of carbonyl (C=O) groups excluding carboxylic acids is 3. The monoisotopic (exact) mass is 1740 g/mol. The number of aromatic nitrogens is 3. The molecule has 5 heterocycles. The second-order valence-corrected chi connectivity index (χ2v) is 30.8. The molecule has 114 heavy (non-hydrogen) atoms. The first-order chi connectivity index (χ1) is 52.8. The zero-order chi connectivity index (χ0) is 84.7. The van der Waals surface area contributed by atoms with Gasteiger partial charge in [-0.15, -0.1) is 0 Å². The second-order valence-electron chi connectivity index (χ2n) is 28.6. The molecule has 11 rings (SSSR count). The fourth-order valence-corrected chi connectivity index (χ4v) is 10.2. The van der Waals surface area contributed by atoms with Gasteiger partial charge in [-0.05, 0) is 220 Å². The number of pyridine rings is 3. The van der Waals surface area contributed by atoms with Crippen LogP contribution in [0.1, 0.15) is 148 Å². The van der Waals surface area contributed by atoms with Gasteiger partial charge in [0.1, 0.15) is 34.2 Å². The number of alkyl halides is 9. The maximum atomic E-state index is 13.3. The van der Waals surface area contributed by atoms with Crippen LogP contribution in [0.15, 0.2) is 191 Å². The van der Waals surface area contributed by atoms with E-state index in [1.807, 2.05) is 142 Å². The Morgan fingerprint density at radius 1 is 0.482 bits per heavy atom. The highest BCUT2D eigenvalue weighted by Gasteiger charge is 2.53. The maximum Gasteiger partial charge on any atom is 0.494 e. The van der Waals surface area contributed by atoms with Gasteiger partial charge in [0.2, 0.25) is 0 Å². The van der Waals surface area contributed by atoms with Gasteiger partial charge in [-0.2, -0.15) is 39.5 Å². The van der Waals surface area contributed by atoms with E-state index < -0.39 is 112 Å². The fourth-order valence-electron chi connectivity index (χ4n) is 9.50. The molecule has 6 aromatic carbocycles. The molecule has 9 aromatic rings. The molecule has 0 atom stereocenters. The smallest absolute Gasteiger partial charge is 0.435 e. The lowest BCUT2D eigenvalue weighted by molar-refractivity contribution is -0.138. The summed E-state index contributed by atoms with van der Waals surface area (Å²) in [5.74, 6) is -4.02. The maximum absolute atomic E-state index is 13.3. The largest absolute Gasteiger partial charge is 0.494 e. The quantitative estimate of drug-likeness (QED) is 0.0240. The predicted molar refractivity (Wildman–Crippen MR) is 422 cm³/mol. The third kappa shape index (κ3) is 26.6. The molecule has 605 valence electrons. The van der Waals surface area contributed by atoms with Crippen molar-refractivity contribution in [3.63, 3.8) is 0 Å². The van der Waals surface area contributed by atoms with Gasteiger partial charge in [-0.25, -0.2) is 28.1 Å². The Balaban J connectivity index is 0.000000209. The highest BCUT2D eigenvalue weighted by Crippen LogP contribution is 2.40. The van der Waals surface area contributed by atoms with E-state index in [0.717, 1.165) is 74.1 Å². The molecule has 2 fully saturated rings. The minimum Gasteiger partial charge on any atom is -0.435 e. The number of nitrogens with two attached hydrogens (primary N) is 1. The van der Waals surface area contributed by atoms with E-state index in [9.17, 15) is 72.2 Å². The van der Waals surface area contributed by atoms with Crippen molar-refractivity contribution < 1.29 is 95.4 Å². The van der Waals surface area contributed by atoms with Crippen molar-refractivity contribution in [2.24, 2.45) is 5.73 Å². The summed E-state index contributed by atoms with van der Waals surface area (Å²) >= 11 is 12.3. The van der Waals surface area contributed by atoms with Crippen molar-refractivity contribution in [2.45, 2.75) is 155 Å². The zero-order valence-electron chi connectivity index (χ0n) is 63.5. The Kier molecular flexibility index (Phi) is 31.0. The molecule has 0 bridgehead atoms. The van der Waals surface area contributed by atoms with Gasteiger partial charge < -0.3 is 60.7 Å². The van der Waals surface area contributed by atoms with E-state index in [1.54, 1.807) is 13.8 Å². The van der Waals surface area contributed by atoms with Crippen LogP contribution in [0.3, 0.4) is 0 Å². The number of nitrogens with one attached hydrogen (secondary N) is 5. The normalized spacial score (nSPS) is 14.7. The first-order valence-electron chi connectivity index (χ1n) is 34.6. The van der Waals surface area contributed by atoms with Gasteiger partial charge in [-0.3, -0.25) is 14.4 Å². The molecule has 1 radical (unpaired) electrons. The molecule has 3 amide bonds. The molecule has 0 aliphatic carbocycles. The molecule has 0 saturated carbocycles. The molecule has 0 spiro atoms. The Hall–Kier alpha value is -8.90. The molecule has 2 aliphatic rings. The average Bonchev–Trinajstić information content (AvgIpc) is 1.67. The Bertz CT molecular complexity index is 4700. The summed E-state index contributed by atoms with van der Waals surface area (Å²) in [7, 11) is 0.482. The van der Waals surface area contributed by atoms with Crippen molar-refractivity contribution in [2.75, 3.05) is 26.6 Å². The Morgan fingerprint density at radius 2 is 0.789 bits per heavy atom. The first-order valence-corrected chi connectivity index (χ1v) is 36.6. The number of halogens is 15. The van der Waals surface area contributed by atoms with Crippen LogP contribution in [0.2, 0.25) is 5.15 Å². The van der Waals surface area contributed by atoms with Gasteiger partial charge in [0.15, 0.2) is 0 Å². The lowest BCUT2D eigenvalue weighted by atomic mass is 9.55. The molecule has 2 aliphatic heterocycles. The van der Waals surface area contributed by atoms with Crippen LogP contribution in [0.25, 0.3) is 0 Å². The third-order valence-electron chi connectivity index (χ3n) is 18.3. The number of rotatable bonds is 18. The van der Waals surface area contributed by atoms with Crippen molar-refractivity contribution >= 4 is 117 Å². The molecule has 3 aromatic heterocycles. The molecule has 2 saturated heterocycles. The van der Waals surface area contributed by atoms with Gasteiger partial charge in [0.25, 0.3) is 17.7 Å². The number of anilines is 5. The summed E-state index contributed by atoms with van der Waals surface area (Å²) in [5.41, 5.74) is 2.15. The van der Waals surface area contributed by atoms with E-state index >= 15 is 0 Å². The summed E-state index contributed by atoms with van der Waals surface area (Å²) in [4.78, 5) is 48.3. The van der Waals surface area contributed by atoms with E-state index in [4.69, 9.17) is 40.6 Å². The van der Waals surface area contributed by atoms with Crippen LogP contribution in [0.4, 0.5) is 81.4 Å². The third-order valence-corrected chi connectivity index (χ3v) is 19.7. The number of nitrogens with zero attached hydrogens (tertiary/aromatic N) is 3. The zero-order valence-corrected chi connectivity index (χ0v) is 67.4. The highest BCUT2D eigenvalue weighted by atomic mass is 79.9. The first kappa shape index (κ1) is 92.3. The van der Waals surface area contributed by atoms with Crippen LogP contribution in [-0.4, -0.2) is 92.9 Å². The summed E-state index contributed by atoms with van der Waals surface area (Å²) in [6, 6.07) is 39.2. The fraction of sp³-hybridized carbons (Fsp3) is 0.308. The van der Waals surface area contributed by atoms with Crippen LogP contribution in [0, 0.1) is 17.5 Å². The lowest BCUT2D eigenvalue weighted by Gasteiger charge is -2.37.